The summed E-state index contributed by atoms with van der Waals surface area (Å²) in [5, 5.41) is 8.65. The number of hydrogen-bond donors (Lipinski definition) is 1. The van der Waals surface area contributed by atoms with Crippen LogP contribution in [0.3, 0.4) is 0 Å². The molecule has 0 bridgehead atoms. The fourth-order valence-electron chi connectivity index (χ4n) is 2.88. The van der Waals surface area contributed by atoms with Gasteiger partial charge in [0.15, 0.2) is 0 Å². The highest BCUT2D eigenvalue weighted by atomic mass is 16.4. The Morgan fingerprint density at radius 1 is 1.18 bits per heavy atom. The van der Waals surface area contributed by atoms with E-state index in [1.807, 2.05) is 12.2 Å². The normalized spacial score (nSPS) is 20.2. The van der Waals surface area contributed by atoms with Gasteiger partial charge in [-0.05, 0) is 56.6 Å². The van der Waals surface area contributed by atoms with E-state index in [1.165, 1.54) is 36.5 Å². The van der Waals surface area contributed by atoms with Crippen molar-refractivity contribution in [1.29, 1.82) is 0 Å². The Hall–Kier alpha value is -1.83. The predicted octanol–water partition coefficient (Wildman–Crippen LogP) is 5.60. The highest BCUT2D eigenvalue weighted by Gasteiger charge is 2.26. The zero-order chi connectivity index (χ0) is 16.8. The standard InChI is InChI=1S/C20H28O2/c1-15(8-6-9-16(2)14-19(21)22)11-12-18-17(3)10-7-13-20(18,4)5/h6,8-9,11-12,14H,7,10,13H2,1-5H3,(H,21,22)/b9-6+,12-11?,15-8?,16-14+. The second-order valence-corrected chi connectivity index (χ2v) is 6.76. The molecule has 0 saturated carbocycles. The molecule has 0 aromatic rings. The van der Waals surface area contributed by atoms with E-state index >= 15 is 0 Å². The van der Waals surface area contributed by atoms with Crippen molar-refractivity contribution in [3.05, 3.63) is 58.7 Å². The molecule has 0 saturated heterocycles. The molecule has 1 rings (SSSR count). The van der Waals surface area contributed by atoms with E-state index in [0.29, 0.717) is 0 Å². The van der Waals surface area contributed by atoms with Crippen LogP contribution in [0.4, 0.5) is 0 Å². The predicted molar refractivity (Wildman–Crippen MR) is 93.8 cm³/mol. The van der Waals surface area contributed by atoms with Crippen LogP contribution in [0.15, 0.2) is 58.7 Å². The number of rotatable bonds is 5. The van der Waals surface area contributed by atoms with Crippen molar-refractivity contribution < 1.29 is 9.90 Å². The Morgan fingerprint density at radius 3 is 2.45 bits per heavy atom. The SMILES string of the molecule is CC(C=CC1=C(C)CCCC1(C)C)=C/C=C/C(C)=C/C(=O)O. The van der Waals surface area contributed by atoms with Crippen LogP contribution in [0.25, 0.3) is 0 Å². The number of carbonyl (C=O) groups is 1. The zero-order valence-corrected chi connectivity index (χ0v) is 14.4. The quantitative estimate of drug-likeness (QED) is 0.530. The van der Waals surface area contributed by atoms with Crippen molar-refractivity contribution in [1.82, 2.24) is 0 Å². The molecule has 0 unspecified atom stereocenters. The summed E-state index contributed by atoms with van der Waals surface area (Å²) in [6, 6.07) is 0. The Bertz CT molecular complexity index is 567. The molecule has 1 aliphatic carbocycles. The summed E-state index contributed by atoms with van der Waals surface area (Å²) in [6.45, 7) is 10.7. The van der Waals surface area contributed by atoms with E-state index in [0.717, 1.165) is 11.1 Å². The lowest BCUT2D eigenvalue weighted by Crippen LogP contribution is -2.19. The molecule has 0 atom stereocenters. The molecule has 0 amide bonds. The van der Waals surface area contributed by atoms with Crippen molar-refractivity contribution in [3.8, 4) is 0 Å². The van der Waals surface area contributed by atoms with Gasteiger partial charge >= 0.3 is 5.97 Å². The van der Waals surface area contributed by atoms with Crippen LogP contribution in [0.2, 0.25) is 0 Å². The second-order valence-electron chi connectivity index (χ2n) is 6.76. The van der Waals surface area contributed by atoms with Crippen molar-refractivity contribution in [2.45, 2.75) is 53.9 Å². The molecule has 0 radical (unpaired) electrons. The lowest BCUT2D eigenvalue weighted by molar-refractivity contribution is -0.131. The molecule has 2 nitrogen and oxygen atoms in total. The summed E-state index contributed by atoms with van der Waals surface area (Å²) in [5.41, 5.74) is 5.09. The van der Waals surface area contributed by atoms with E-state index in [-0.39, 0.29) is 5.41 Å². The summed E-state index contributed by atoms with van der Waals surface area (Å²) in [7, 11) is 0. The van der Waals surface area contributed by atoms with Gasteiger partial charge in [0.2, 0.25) is 0 Å². The zero-order valence-electron chi connectivity index (χ0n) is 14.4. The largest absolute Gasteiger partial charge is 0.478 e. The van der Waals surface area contributed by atoms with E-state index in [4.69, 9.17) is 5.11 Å². The monoisotopic (exact) mass is 300 g/mol. The van der Waals surface area contributed by atoms with Crippen LogP contribution in [-0.4, -0.2) is 11.1 Å². The van der Waals surface area contributed by atoms with Crippen LogP contribution >= 0.6 is 0 Å². The van der Waals surface area contributed by atoms with Crippen molar-refractivity contribution in [2.24, 2.45) is 5.41 Å². The van der Waals surface area contributed by atoms with Gasteiger partial charge in [-0.2, -0.15) is 0 Å². The van der Waals surface area contributed by atoms with E-state index in [9.17, 15) is 4.79 Å². The molecule has 0 aromatic carbocycles. The van der Waals surface area contributed by atoms with Crippen LogP contribution in [0.5, 0.6) is 0 Å². The minimum Gasteiger partial charge on any atom is -0.478 e. The first-order valence-corrected chi connectivity index (χ1v) is 7.87. The highest BCUT2D eigenvalue weighted by Crippen LogP contribution is 2.40. The molecule has 0 aliphatic heterocycles. The third-order valence-corrected chi connectivity index (χ3v) is 4.12. The number of aliphatic carboxylic acids is 1. The van der Waals surface area contributed by atoms with Crippen molar-refractivity contribution in [2.75, 3.05) is 0 Å². The summed E-state index contributed by atoms with van der Waals surface area (Å²) < 4.78 is 0. The lowest BCUT2D eigenvalue weighted by Gasteiger charge is -2.32. The van der Waals surface area contributed by atoms with Gasteiger partial charge in [0.05, 0.1) is 0 Å². The van der Waals surface area contributed by atoms with Crippen molar-refractivity contribution >= 4 is 5.97 Å². The molecule has 1 N–H and O–H groups in total. The molecule has 0 heterocycles. The summed E-state index contributed by atoms with van der Waals surface area (Å²) in [4.78, 5) is 10.5. The second kappa shape index (κ2) is 7.98. The van der Waals surface area contributed by atoms with E-state index < -0.39 is 5.97 Å². The smallest absolute Gasteiger partial charge is 0.328 e. The molecule has 1 aliphatic rings. The van der Waals surface area contributed by atoms with Crippen LogP contribution < -0.4 is 0 Å². The van der Waals surface area contributed by atoms with Crippen molar-refractivity contribution in [3.63, 3.8) is 0 Å². The van der Waals surface area contributed by atoms with Crippen LogP contribution in [0.1, 0.15) is 53.9 Å². The van der Waals surface area contributed by atoms with Crippen LogP contribution in [0, 0.1) is 5.41 Å². The van der Waals surface area contributed by atoms with Gasteiger partial charge in [-0.15, -0.1) is 0 Å². The fourth-order valence-corrected chi connectivity index (χ4v) is 2.88. The number of carboxylic acid groups (broad SMARTS) is 1. The van der Waals surface area contributed by atoms with Gasteiger partial charge in [-0.1, -0.05) is 55.4 Å². The minimum atomic E-state index is -0.912. The molecule has 0 spiro atoms. The fraction of sp³-hybridized carbons (Fsp3) is 0.450. The Balaban J connectivity index is 2.79. The van der Waals surface area contributed by atoms with E-state index in [1.54, 1.807) is 13.0 Å². The van der Waals surface area contributed by atoms with Gasteiger partial charge < -0.3 is 5.11 Å². The summed E-state index contributed by atoms with van der Waals surface area (Å²) >= 11 is 0. The Labute approximate surface area is 134 Å². The molecule has 0 fully saturated rings. The molecule has 22 heavy (non-hydrogen) atoms. The van der Waals surface area contributed by atoms with Gasteiger partial charge in [0, 0.05) is 6.08 Å². The molecular weight excluding hydrogens is 272 g/mol. The van der Waals surface area contributed by atoms with Gasteiger partial charge in [-0.25, -0.2) is 4.79 Å². The number of carboxylic acids is 1. The topological polar surface area (TPSA) is 37.3 Å². The molecule has 0 aromatic heterocycles. The molecular formula is C20H28O2. The third-order valence-electron chi connectivity index (χ3n) is 4.12. The molecule has 2 heteroatoms. The number of allylic oxidation sites excluding steroid dienone is 9. The van der Waals surface area contributed by atoms with E-state index in [2.05, 4.69) is 39.8 Å². The Morgan fingerprint density at radius 2 is 1.86 bits per heavy atom. The van der Waals surface area contributed by atoms with Gasteiger partial charge in [0.25, 0.3) is 0 Å². The van der Waals surface area contributed by atoms with Gasteiger partial charge in [0.1, 0.15) is 0 Å². The average Bonchev–Trinajstić information content (AvgIpc) is 2.36. The molecule has 120 valence electrons. The maximum atomic E-state index is 10.5. The first-order chi connectivity index (χ1) is 10.2. The summed E-state index contributed by atoms with van der Waals surface area (Å²) in [6.07, 6.45) is 15.0. The minimum absolute atomic E-state index is 0.260. The summed E-state index contributed by atoms with van der Waals surface area (Å²) in [5.74, 6) is -0.912. The lowest BCUT2D eigenvalue weighted by atomic mass is 9.72. The average molecular weight is 300 g/mol. The maximum absolute atomic E-state index is 10.5. The maximum Gasteiger partial charge on any atom is 0.328 e. The Kier molecular flexibility index (Phi) is 6.61. The third kappa shape index (κ3) is 5.88. The first kappa shape index (κ1) is 18.2. The first-order valence-electron chi connectivity index (χ1n) is 7.87. The number of hydrogen-bond acceptors (Lipinski definition) is 1. The van der Waals surface area contributed by atoms with Crippen LogP contribution in [-0.2, 0) is 4.79 Å². The highest BCUT2D eigenvalue weighted by molar-refractivity contribution is 5.81. The van der Waals surface area contributed by atoms with Gasteiger partial charge in [-0.3, -0.25) is 0 Å².